The number of thioether (sulfide) groups is 1. The van der Waals surface area contributed by atoms with Crippen LogP contribution in [0.4, 0.5) is 5.69 Å². The molecule has 1 aliphatic rings. The van der Waals surface area contributed by atoms with Gasteiger partial charge in [-0.2, -0.15) is 0 Å². The predicted molar refractivity (Wildman–Crippen MR) is 137 cm³/mol. The Bertz CT molecular complexity index is 1280. The summed E-state index contributed by atoms with van der Waals surface area (Å²) in [6.07, 6.45) is 0.745. The molecule has 178 valence electrons. The van der Waals surface area contributed by atoms with Gasteiger partial charge >= 0.3 is 5.97 Å². The van der Waals surface area contributed by atoms with E-state index < -0.39 is 12.1 Å². The van der Waals surface area contributed by atoms with Gasteiger partial charge in [0.05, 0.1) is 24.2 Å². The maximum Gasteiger partial charge on any atom is 0.344 e. The number of carbonyl (C=O) groups is 2. The topological polar surface area (TPSA) is 88.4 Å². The van der Waals surface area contributed by atoms with Gasteiger partial charge in [-0.25, -0.2) is 9.79 Å². The van der Waals surface area contributed by atoms with Crippen molar-refractivity contribution in [2.24, 2.45) is 4.99 Å². The Morgan fingerprint density at radius 1 is 1.06 bits per heavy atom. The molecule has 0 aliphatic carbocycles. The van der Waals surface area contributed by atoms with Crippen molar-refractivity contribution in [3.8, 4) is 11.5 Å². The number of hydrogen-bond acceptors (Lipinski definition) is 6. The SMILES string of the molecule is COc1cc(/C=C2\SC(=Nc3ccccc3)N(Cc3ccccc3)C2=O)ccc1O[C@H](C)C(=O)O. The molecule has 3 aromatic rings. The molecule has 1 heterocycles. The zero-order valence-corrected chi connectivity index (χ0v) is 20.1. The molecule has 0 unspecified atom stereocenters. The molecule has 1 N–H and O–H groups in total. The van der Waals surface area contributed by atoms with E-state index >= 15 is 0 Å². The number of amidine groups is 1. The van der Waals surface area contributed by atoms with E-state index in [0.717, 1.165) is 11.3 Å². The summed E-state index contributed by atoms with van der Waals surface area (Å²) in [5.41, 5.74) is 2.48. The summed E-state index contributed by atoms with van der Waals surface area (Å²) in [4.78, 5) is 31.4. The number of benzene rings is 3. The molecule has 1 saturated heterocycles. The number of hydrogen-bond donors (Lipinski definition) is 1. The van der Waals surface area contributed by atoms with Crippen LogP contribution in [0.25, 0.3) is 6.08 Å². The van der Waals surface area contributed by atoms with Crippen molar-refractivity contribution < 1.29 is 24.2 Å². The van der Waals surface area contributed by atoms with Gasteiger partial charge in [-0.15, -0.1) is 0 Å². The molecule has 0 spiro atoms. The molecule has 1 atom stereocenters. The summed E-state index contributed by atoms with van der Waals surface area (Å²) in [5, 5.41) is 9.71. The number of para-hydroxylation sites is 1. The molecule has 0 radical (unpaired) electrons. The Kier molecular flexibility index (Phi) is 7.52. The molecule has 35 heavy (non-hydrogen) atoms. The lowest BCUT2D eigenvalue weighted by atomic mass is 10.1. The van der Waals surface area contributed by atoms with Gasteiger partial charge in [-0.3, -0.25) is 9.69 Å². The lowest BCUT2D eigenvalue weighted by Crippen LogP contribution is -2.28. The van der Waals surface area contributed by atoms with Gasteiger partial charge in [-0.1, -0.05) is 54.6 Å². The average molecular weight is 489 g/mol. The minimum atomic E-state index is -1.07. The Labute approximate surface area is 207 Å². The van der Waals surface area contributed by atoms with E-state index in [1.165, 1.54) is 25.8 Å². The number of ether oxygens (including phenoxy) is 2. The van der Waals surface area contributed by atoms with Gasteiger partial charge in [0.15, 0.2) is 22.8 Å². The smallest absolute Gasteiger partial charge is 0.344 e. The number of carbonyl (C=O) groups excluding carboxylic acids is 1. The molecule has 0 bridgehead atoms. The average Bonchev–Trinajstić information content (AvgIpc) is 3.14. The fourth-order valence-electron chi connectivity index (χ4n) is 3.37. The van der Waals surface area contributed by atoms with E-state index in [1.807, 2.05) is 60.7 Å². The molecule has 4 rings (SSSR count). The monoisotopic (exact) mass is 488 g/mol. The van der Waals surface area contributed by atoms with E-state index in [0.29, 0.717) is 33.7 Å². The maximum absolute atomic E-state index is 13.4. The van der Waals surface area contributed by atoms with Crippen LogP contribution in [0.1, 0.15) is 18.1 Å². The minimum absolute atomic E-state index is 0.146. The summed E-state index contributed by atoms with van der Waals surface area (Å²) < 4.78 is 10.9. The number of nitrogens with zero attached hydrogens (tertiary/aromatic N) is 2. The first kappa shape index (κ1) is 24.1. The first-order chi connectivity index (χ1) is 16.9. The zero-order valence-electron chi connectivity index (χ0n) is 19.3. The molecular formula is C27H24N2O5S. The number of rotatable bonds is 8. The van der Waals surface area contributed by atoms with Gasteiger partial charge in [0.25, 0.3) is 5.91 Å². The van der Waals surface area contributed by atoms with Crippen LogP contribution in [0.3, 0.4) is 0 Å². The Hall–Kier alpha value is -4.04. The van der Waals surface area contributed by atoms with Crippen LogP contribution in [0.15, 0.2) is 88.8 Å². The van der Waals surface area contributed by atoms with Crippen molar-refractivity contribution in [3.63, 3.8) is 0 Å². The number of carboxylic acids is 1. The summed E-state index contributed by atoms with van der Waals surface area (Å²) in [6.45, 7) is 1.85. The third kappa shape index (κ3) is 5.91. The van der Waals surface area contributed by atoms with Crippen LogP contribution in [-0.4, -0.2) is 40.3 Å². The van der Waals surface area contributed by atoms with Gasteiger partial charge in [0, 0.05) is 0 Å². The second-order valence-corrected chi connectivity index (χ2v) is 8.74. The van der Waals surface area contributed by atoms with Crippen LogP contribution in [0, 0.1) is 0 Å². The van der Waals surface area contributed by atoms with Gasteiger partial charge in [-0.05, 0) is 60.2 Å². The van der Waals surface area contributed by atoms with E-state index in [2.05, 4.69) is 0 Å². The van der Waals surface area contributed by atoms with Gasteiger partial charge < -0.3 is 14.6 Å². The lowest BCUT2D eigenvalue weighted by Gasteiger charge is -2.15. The number of methoxy groups -OCH3 is 1. The molecular weight excluding hydrogens is 464 g/mol. The molecule has 7 nitrogen and oxygen atoms in total. The second-order valence-electron chi connectivity index (χ2n) is 7.73. The summed E-state index contributed by atoms with van der Waals surface area (Å²) in [6, 6.07) is 24.4. The summed E-state index contributed by atoms with van der Waals surface area (Å²) in [5.74, 6) is -0.531. The van der Waals surface area contributed by atoms with Gasteiger partial charge in [0.2, 0.25) is 0 Å². The lowest BCUT2D eigenvalue weighted by molar-refractivity contribution is -0.144. The van der Waals surface area contributed by atoms with Crippen LogP contribution < -0.4 is 9.47 Å². The molecule has 0 saturated carbocycles. The van der Waals surface area contributed by atoms with Crippen molar-refractivity contribution in [2.45, 2.75) is 19.6 Å². The van der Waals surface area contributed by atoms with Crippen molar-refractivity contribution >= 4 is 40.6 Å². The summed E-state index contributed by atoms with van der Waals surface area (Å²) in [7, 11) is 1.48. The summed E-state index contributed by atoms with van der Waals surface area (Å²) >= 11 is 1.31. The number of aliphatic imine (C=N–C) groups is 1. The van der Waals surface area contributed by atoms with Crippen molar-refractivity contribution in [2.75, 3.05) is 7.11 Å². The minimum Gasteiger partial charge on any atom is -0.493 e. The highest BCUT2D eigenvalue weighted by atomic mass is 32.2. The standard InChI is InChI=1S/C27H24N2O5S/c1-18(26(31)32)34-22-14-13-20(15-23(22)33-2)16-24-25(30)29(17-19-9-5-3-6-10-19)27(35-24)28-21-11-7-4-8-12-21/h3-16,18H,17H2,1-2H3,(H,31,32)/b24-16-,28-27?/t18-/m1/s1. The highest BCUT2D eigenvalue weighted by Gasteiger charge is 2.33. The van der Waals surface area contributed by atoms with Crippen LogP contribution >= 0.6 is 11.8 Å². The van der Waals surface area contributed by atoms with Crippen LogP contribution in [-0.2, 0) is 16.1 Å². The normalized spacial score (nSPS) is 16.5. The third-order valence-electron chi connectivity index (χ3n) is 5.19. The Balaban J connectivity index is 1.65. The van der Waals surface area contributed by atoms with Crippen LogP contribution in [0.2, 0.25) is 0 Å². The highest BCUT2D eigenvalue weighted by Crippen LogP contribution is 2.36. The van der Waals surface area contributed by atoms with Crippen LogP contribution in [0.5, 0.6) is 11.5 Å². The predicted octanol–water partition coefficient (Wildman–Crippen LogP) is 5.35. The van der Waals surface area contributed by atoms with Crippen molar-refractivity contribution in [1.29, 1.82) is 0 Å². The zero-order chi connectivity index (χ0) is 24.8. The molecule has 3 aromatic carbocycles. The maximum atomic E-state index is 13.4. The van der Waals surface area contributed by atoms with Gasteiger partial charge in [0.1, 0.15) is 0 Å². The fourth-order valence-corrected chi connectivity index (χ4v) is 4.37. The first-order valence-electron chi connectivity index (χ1n) is 10.9. The van der Waals surface area contributed by atoms with Crippen molar-refractivity contribution in [3.05, 3.63) is 94.9 Å². The highest BCUT2D eigenvalue weighted by molar-refractivity contribution is 8.18. The molecule has 8 heteroatoms. The molecule has 1 fully saturated rings. The number of carboxylic acid groups (broad SMARTS) is 1. The van der Waals surface area contributed by atoms with Crippen molar-refractivity contribution in [1.82, 2.24) is 4.90 Å². The number of amides is 1. The molecule has 1 amide bonds. The van der Waals surface area contributed by atoms with E-state index in [4.69, 9.17) is 19.6 Å². The Morgan fingerprint density at radius 3 is 2.40 bits per heavy atom. The molecule has 0 aromatic heterocycles. The third-order valence-corrected chi connectivity index (χ3v) is 6.20. The quantitative estimate of drug-likeness (QED) is 0.430. The first-order valence-corrected chi connectivity index (χ1v) is 11.7. The fraction of sp³-hybridized carbons (Fsp3) is 0.148. The second kappa shape index (κ2) is 10.9. The van der Waals surface area contributed by atoms with E-state index in [9.17, 15) is 9.59 Å². The number of aliphatic carboxylic acids is 1. The van der Waals surface area contributed by atoms with E-state index in [1.54, 1.807) is 29.2 Å². The van der Waals surface area contributed by atoms with E-state index in [-0.39, 0.29) is 5.91 Å². The largest absolute Gasteiger partial charge is 0.493 e. The molecule has 1 aliphatic heterocycles. The Morgan fingerprint density at radius 2 is 1.74 bits per heavy atom.